The summed E-state index contributed by atoms with van der Waals surface area (Å²) in [6.45, 7) is 1.03. The van der Waals surface area contributed by atoms with Gasteiger partial charge in [-0.05, 0) is 42.7 Å². The highest BCUT2D eigenvalue weighted by Gasteiger charge is 2.06. The molecule has 0 unspecified atom stereocenters. The van der Waals surface area contributed by atoms with Gasteiger partial charge in [0, 0.05) is 13.0 Å². The van der Waals surface area contributed by atoms with Crippen molar-refractivity contribution in [3.63, 3.8) is 0 Å². The fourth-order valence-electron chi connectivity index (χ4n) is 2.62. The highest BCUT2D eigenvalue weighted by atomic mass is 16.5. The van der Waals surface area contributed by atoms with Gasteiger partial charge in [0.1, 0.15) is 0 Å². The fraction of sp³-hybridized carbons (Fsp3) is 0.381. The number of hydrogen-bond acceptors (Lipinski definition) is 5. The number of nitrogens with one attached hydrogen (secondary N) is 1. The van der Waals surface area contributed by atoms with E-state index in [1.807, 2.05) is 42.5 Å². The molecule has 1 N–H and O–H groups in total. The molecular weight excluding hydrogens is 346 g/mol. The third kappa shape index (κ3) is 6.40. The Bertz CT molecular complexity index is 732. The number of benzene rings is 2. The molecule has 2 aromatic rings. The molecule has 27 heavy (non-hydrogen) atoms. The first-order valence-electron chi connectivity index (χ1n) is 8.91. The van der Waals surface area contributed by atoms with E-state index in [2.05, 4.69) is 5.32 Å². The van der Waals surface area contributed by atoms with Crippen molar-refractivity contribution in [2.24, 2.45) is 0 Å². The average Bonchev–Trinajstić information content (AvgIpc) is 2.71. The van der Waals surface area contributed by atoms with Crippen molar-refractivity contribution >= 4 is 5.91 Å². The van der Waals surface area contributed by atoms with Crippen molar-refractivity contribution in [2.45, 2.75) is 19.3 Å². The molecule has 0 radical (unpaired) electrons. The molecule has 0 spiro atoms. The molecule has 0 aliphatic heterocycles. The van der Waals surface area contributed by atoms with Crippen LogP contribution in [0.3, 0.4) is 0 Å². The summed E-state index contributed by atoms with van der Waals surface area (Å²) in [6.07, 6.45) is 1.78. The fourth-order valence-corrected chi connectivity index (χ4v) is 2.62. The van der Waals surface area contributed by atoms with Gasteiger partial charge in [-0.25, -0.2) is 0 Å². The van der Waals surface area contributed by atoms with Gasteiger partial charge in [0.05, 0.1) is 27.9 Å². The van der Waals surface area contributed by atoms with Crippen LogP contribution in [0, 0.1) is 0 Å². The van der Waals surface area contributed by atoms with E-state index in [-0.39, 0.29) is 5.91 Å². The molecular formula is C21H27NO5. The van der Waals surface area contributed by atoms with Crippen LogP contribution in [-0.2, 0) is 11.2 Å². The van der Waals surface area contributed by atoms with E-state index < -0.39 is 0 Å². The molecule has 0 saturated heterocycles. The maximum Gasteiger partial charge on any atom is 0.220 e. The van der Waals surface area contributed by atoms with E-state index >= 15 is 0 Å². The molecule has 1 amide bonds. The summed E-state index contributed by atoms with van der Waals surface area (Å²) in [4.78, 5) is 12.0. The van der Waals surface area contributed by atoms with Gasteiger partial charge < -0.3 is 24.3 Å². The number of methoxy groups -OCH3 is 3. The molecule has 0 aliphatic carbocycles. The van der Waals surface area contributed by atoms with Crippen LogP contribution in [0.1, 0.15) is 18.4 Å². The lowest BCUT2D eigenvalue weighted by atomic mass is 10.1. The van der Waals surface area contributed by atoms with E-state index in [4.69, 9.17) is 18.9 Å². The SMILES string of the molecule is COc1ccc(CCNC(=O)CCCOc2ccccc2OC)cc1OC. The van der Waals surface area contributed by atoms with Crippen LogP contribution in [0.4, 0.5) is 0 Å². The highest BCUT2D eigenvalue weighted by molar-refractivity contribution is 5.75. The van der Waals surface area contributed by atoms with Gasteiger partial charge in [0.15, 0.2) is 23.0 Å². The lowest BCUT2D eigenvalue weighted by Gasteiger charge is -2.11. The Morgan fingerprint density at radius 1 is 0.889 bits per heavy atom. The standard InChI is InChI=1S/C21H27NO5/c1-24-17-7-4-5-8-19(17)27-14-6-9-21(23)22-13-12-16-10-11-18(25-2)20(15-16)26-3/h4-5,7-8,10-11,15H,6,9,12-14H2,1-3H3,(H,22,23). The first-order valence-corrected chi connectivity index (χ1v) is 8.91. The Balaban J connectivity index is 1.66. The van der Waals surface area contributed by atoms with Crippen LogP contribution in [0.25, 0.3) is 0 Å². The van der Waals surface area contributed by atoms with Crippen LogP contribution in [0.15, 0.2) is 42.5 Å². The Hall–Kier alpha value is -2.89. The van der Waals surface area contributed by atoms with Crippen molar-refractivity contribution in [2.75, 3.05) is 34.5 Å². The lowest BCUT2D eigenvalue weighted by Crippen LogP contribution is -2.25. The Kier molecular flexibility index (Phi) is 8.29. The van der Waals surface area contributed by atoms with Crippen LogP contribution in [-0.4, -0.2) is 40.4 Å². The minimum absolute atomic E-state index is 0.0131. The van der Waals surface area contributed by atoms with Crippen LogP contribution < -0.4 is 24.3 Å². The molecule has 2 rings (SSSR count). The van der Waals surface area contributed by atoms with E-state index in [1.165, 1.54) is 0 Å². The molecule has 0 aliphatic rings. The Labute approximate surface area is 160 Å². The largest absolute Gasteiger partial charge is 0.493 e. The summed E-state index contributed by atoms with van der Waals surface area (Å²) in [5.41, 5.74) is 1.08. The molecule has 0 bridgehead atoms. The number of carbonyl (C=O) groups excluding carboxylic acids is 1. The van der Waals surface area contributed by atoms with Crippen molar-refractivity contribution in [1.82, 2.24) is 5.32 Å². The molecule has 2 aromatic carbocycles. The quantitative estimate of drug-likeness (QED) is 0.613. The second-order valence-electron chi connectivity index (χ2n) is 5.89. The first-order chi connectivity index (χ1) is 13.2. The topological polar surface area (TPSA) is 66.0 Å². The smallest absolute Gasteiger partial charge is 0.220 e. The molecule has 0 heterocycles. The molecule has 6 heteroatoms. The van der Waals surface area contributed by atoms with Crippen molar-refractivity contribution in [1.29, 1.82) is 0 Å². The Morgan fingerprint density at radius 3 is 2.26 bits per heavy atom. The van der Waals surface area contributed by atoms with Gasteiger partial charge in [-0.3, -0.25) is 4.79 Å². The zero-order chi connectivity index (χ0) is 19.5. The minimum Gasteiger partial charge on any atom is -0.493 e. The van der Waals surface area contributed by atoms with E-state index in [0.29, 0.717) is 49.0 Å². The summed E-state index contributed by atoms with van der Waals surface area (Å²) in [5, 5.41) is 2.93. The maximum absolute atomic E-state index is 12.0. The molecule has 6 nitrogen and oxygen atoms in total. The van der Waals surface area contributed by atoms with Crippen molar-refractivity contribution in [3.05, 3.63) is 48.0 Å². The van der Waals surface area contributed by atoms with E-state index in [1.54, 1.807) is 21.3 Å². The number of hydrogen-bond donors (Lipinski definition) is 1. The second-order valence-corrected chi connectivity index (χ2v) is 5.89. The number of para-hydroxylation sites is 2. The second kappa shape index (κ2) is 11.0. The number of carbonyl (C=O) groups is 1. The normalized spacial score (nSPS) is 10.2. The predicted octanol–water partition coefficient (Wildman–Crippen LogP) is 3.23. The number of rotatable bonds is 11. The predicted molar refractivity (Wildman–Crippen MR) is 104 cm³/mol. The summed E-state index contributed by atoms with van der Waals surface area (Å²) in [7, 11) is 4.82. The molecule has 0 aromatic heterocycles. The summed E-state index contributed by atoms with van der Waals surface area (Å²) >= 11 is 0. The molecule has 146 valence electrons. The first kappa shape index (κ1) is 20.4. The summed E-state index contributed by atoms with van der Waals surface area (Å²) < 4.78 is 21.4. The Morgan fingerprint density at radius 2 is 1.56 bits per heavy atom. The van der Waals surface area contributed by atoms with Crippen LogP contribution in [0.2, 0.25) is 0 Å². The average molecular weight is 373 g/mol. The van der Waals surface area contributed by atoms with Crippen molar-refractivity contribution < 1.29 is 23.7 Å². The minimum atomic E-state index is 0.0131. The van der Waals surface area contributed by atoms with E-state index in [0.717, 1.165) is 12.0 Å². The van der Waals surface area contributed by atoms with E-state index in [9.17, 15) is 4.79 Å². The maximum atomic E-state index is 12.0. The van der Waals surface area contributed by atoms with Gasteiger partial charge in [0.2, 0.25) is 5.91 Å². The number of amides is 1. The molecule has 0 fully saturated rings. The molecule has 0 atom stereocenters. The van der Waals surface area contributed by atoms with Crippen LogP contribution >= 0.6 is 0 Å². The third-order valence-electron chi connectivity index (χ3n) is 4.06. The number of ether oxygens (including phenoxy) is 4. The summed E-state index contributed by atoms with van der Waals surface area (Å²) in [5.74, 6) is 2.78. The zero-order valence-electron chi connectivity index (χ0n) is 16.1. The van der Waals surface area contributed by atoms with Crippen LogP contribution in [0.5, 0.6) is 23.0 Å². The third-order valence-corrected chi connectivity index (χ3v) is 4.06. The lowest BCUT2D eigenvalue weighted by molar-refractivity contribution is -0.121. The summed E-state index contributed by atoms with van der Waals surface area (Å²) in [6, 6.07) is 13.2. The highest BCUT2D eigenvalue weighted by Crippen LogP contribution is 2.27. The monoisotopic (exact) mass is 373 g/mol. The van der Waals surface area contributed by atoms with Gasteiger partial charge in [0.25, 0.3) is 0 Å². The molecule has 0 saturated carbocycles. The van der Waals surface area contributed by atoms with Gasteiger partial charge in [-0.1, -0.05) is 18.2 Å². The zero-order valence-corrected chi connectivity index (χ0v) is 16.1. The van der Waals surface area contributed by atoms with Gasteiger partial charge in [-0.15, -0.1) is 0 Å². The van der Waals surface area contributed by atoms with Crippen molar-refractivity contribution in [3.8, 4) is 23.0 Å². The van der Waals surface area contributed by atoms with Gasteiger partial charge in [-0.2, -0.15) is 0 Å². The van der Waals surface area contributed by atoms with Gasteiger partial charge >= 0.3 is 0 Å².